The Morgan fingerprint density at radius 2 is 1.85 bits per heavy atom. The third-order valence-electron chi connectivity index (χ3n) is 4.40. The minimum absolute atomic E-state index is 0.00227. The van der Waals surface area contributed by atoms with Gasteiger partial charge in [0.05, 0.1) is 0 Å². The van der Waals surface area contributed by atoms with Gasteiger partial charge in [-0.05, 0) is 51.1 Å². The summed E-state index contributed by atoms with van der Waals surface area (Å²) in [5.41, 5.74) is 4.04. The number of hydrogen-bond acceptors (Lipinski definition) is 3. The molecule has 0 saturated heterocycles. The van der Waals surface area contributed by atoms with Crippen molar-refractivity contribution in [1.29, 1.82) is 0 Å². The molecule has 0 fully saturated rings. The molecule has 0 amide bonds. The van der Waals surface area contributed by atoms with E-state index in [9.17, 15) is 0 Å². The lowest BCUT2D eigenvalue weighted by Gasteiger charge is -2.45. The van der Waals surface area contributed by atoms with Crippen molar-refractivity contribution in [3.63, 3.8) is 0 Å². The third-order valence-corrected chi connectivity index (χ3v) is 4.99. The van der Waals surface area contributed by atoms with Gasteiger partial charge in [-0.25, -0.2) is 0 Å². The van der Waals surface area contributed by atoms with E-state index in [-0.39, 0.29) is 11.6 Å². The summed E-state index contributed by atoms with van der Waals surface area (Å²) >= 11 is 12.2. The second kappa shape index (κ2) is 7.62. The fourth-order valence-corrected chi connectivity index (χ4v) is 3.48. The maximum Gasteiger partial charge on any atom is 0.0453 e. The summed E-state index contributed by atoms with van der Waals surface area (Å²) in [6, 6.07) is 5.74. The van der Waals surface area contributed by atoms with Crippen LogP contribution in [-0.4, -0.2) is 30.6 Å². The first-order chi connectivity index (χ1) is 9.41. The molecule has 0 spiro atoms. The molecular weight excluding hydrogens is 293 g/mol. The highest BCUT2D eigenvalue weighted by Gasteiger charge is 2.37. The van der Waals surface area contributed by atoms with Gasteiger partial charge in [0.2, 0.25) is 0 Å². The summed E-state index contributed by atoms with van der Waals surface area (Å²) in [7, 11) is 4.20. The standard InChI is InChI=1S/C15H25Cl2N3/c1-5-15(6-2,20(3)4)14(19-18)9-11-7-8-12(16)10-13(11)17/h7-8,10,14,19H,5-6,9,18H2,1-4H3. The smallest absolute Gasteiger partial charge is 0.0453 e. The lowest BCUT2D eigenvalue weighted by atomic mass is 9.80. The fraction of sp³-hybridized carbons (Fsp3) is 0.600. The Bertz CT molecular complexity index is 431. The van der Waals surface area contributed by atoms with Crippen LogP contribution < -0.4 is 11.3 Å². The Morgan fingerprint density at radius 3 is 2.25 bits per heavy atom. The summed E-state index contributed by atoms with van der Waals surface area (Å²) in [5.74, 6) is 5.83. The van der Waals surface area contributed by atoms with Crippen molar-refractivity contribution in [2.45, 2.75) is 44.7 Å². The van der Waals surface area contributed by atoms with Crippen LogP contribution in [0.4, 0.5) is 0 Å². The maximum absolute atomic E-state index is 6.28. The van der Waals surface area contributed by atoms with Gasteiger partial charge < -0.3 is 4.90 Å². The average Bonchev–Trinajstić information content (AvgIpc) is 2.41. The van der Waals surface area contributed by atoms with E-state index in [1.807, 2.05) is 12.1 Å². The van der Waals surface area contributed by atoms with Crippen molar-refractivity contribution < 1.29 is 0 Å². The number of halogens is 2. The molecule has 0 aliphatic rings. The molecule has 20 heavy (non-hydrogen) atoms. The monoisotopic (exact) mass is 317 g/mol. The molecule has 0 bridgehead atoms. The van der Waals surface area contributed by atoms with Crippen molar-refractivity contribution in [2.75, 3.05) is 14.1 Å². The number of nitrogens with zero attached hydrogens (tertiary/aromatic N) is 1. The Labute approximate surface area is 132 Å². The second-order valence-corrected chi connectivity index (χ2v) is 6.21. The van der Waals surface area contributed by atoms with Crippen molar-refractivity contribution in [2.24, 2.45) is 5.84 Å². The molecule has 3 nitrogen and oxygen atoms in total. The predicted octanol–water partition coefficient (Wildman–Crippen LogP) is 3.49. The van der Waals surface area contributed by atoms with Crippen molar-refractivity contribution in [1.82, 2.24) is 10.3 Å². The van der Waals surface area contributed by atoms with Crippen LogP contribution in [0.1, 0.15) is 32.3 Å². The van der Waals surface area contributed by atoms with E-state index >= 15 is 0 Å². The number of nitrogens with one attached hydrogen (secondary N) is 1. The van der Waals surface area contributed by atoms with Crippen LogP contribution in [0.5, 0.6) is 0 Å². The first-order valence-electron chi connectivity index (χ1n) is 6.98. The van der Waals surface area contributed by atoms with Crippen LogP contribution in [0, 0.1) is 0 Å². The van der Waals surface area contributed by atoms with Gasteiger partial charge in [-0.2, -0.15) is 0 Å². The Hall–Kier alpha value is -0.320. The van der Waals surface area contributed by atoms with Gasteiger partial charge in [-0.15, -0.1) is 0 Å². The van der Waals surface area contributed by atoms with Crippen LogP contribution in [0.2, 0.25) is 10.0 Å². The molecule has 0 heterocycles. The Balaban J connectivity index is 3.06. The van der Waals surface area contributed by atoms with Crippen LogP contribution in [0.15, 0.2) is 18.2 Å². The summed E-state index contributed by atoms with van der Waals surface area (Å²) in [6.07, 6.45) is 2.79. The van der Waals surface area contributed by atoms with E-state index in [4.69, 9.17) is 29.0 Å². The van der Waals surface area contributed by atoms with Gasteiger partial charge in [0.25, 0.3) is 0 Å². The van der Waals surface area contributed by atoms with Gasteiger partial charge in [0.15, 0.2) is 0 Å². The zero-order valence-electron chi connectivity index (χ0n) is 12.7. The first-order valence-corrected chi connectivity index (χ1v) is 7.74. The van der Waals surface area contributed by atoms with E-state index in [1.165, 1.54) is 0 Å². The van der Waals surface area contributed by atoms with Gasteiger partial charge in [0.1, 0.15) is 0 Å². The molecule has 1 aromatic rings. The highest BCUT2D eigenvalue weighted by molar-refractivity contribution is 6.35. The van der Waals surface area contributed by atoms with Crippen LogP contribution in [-0.2, 0) is 6.42 Å². The molecule has 0 aromatic heterocycles. The van der Waals surface area contributed by atoms with Crippen molar-refractivity contribution in [3.8, 4) is 0 Å². The van der Waals surface area contributed by atoms with E-state index < -0.39 is 0 Å². The zero-order valence-corrected chi connectivity index (χ0v) is 14.2. The first kappa shape index (κ1) is 17.7. The Morgan fingerprint density at radius 1 is 1.25 bits per heavy atom. The van der Waals surface area contributed by atoms with Crippen LogP contribution >= 0.6 is 23.2 Å². The highest BCUT2D eigenvalue weighted by Crippen LogP contribution is 2.30. The van der Waals surface area contributed by atoms with Crippen LogP contribution in [0.3, 0.4) is 0 Å². The van der Waals surface area contributed by atoms with Gasteiger partial charge >= 0.3 is 0 Å². The number of hydrogen-bond donors (Lipinski definition) is 2. The van der Waals surface area contributed by atoms with E-state index in [0.717, 1.165) is 24.8 Å². The molecule has 0 aliphatic carbocycles. The molecular formula is C15H25Cl2N3. The predicted molar refractivity (Wildman–Crippen MR) is 88.3 cm³/mol. The van der Waals surface area contributed by atoms with Crippen molar-refractivity contribution in [3.05, 3.63) is 33.8 Å². The van der Waals surface area contributed by atoms with Gasteiger partial charge in [-0.1, -0.05) is 43.1 Å². The molecule has 1 aromatic carbocycles. The van der Waals surface area contributed by atoms with Gasteiger partial charge in [0, 0.05) is 21.6 Å². The molecule has 1 rings (SSSR count). The van der Waals surface area contributed by atoms with Crippen molar-refractivity contribution >= 4 is 23.2 Å². The fourth-order valence-electron chi connectivity index (χ4n) is 3.00. The quantitative estimate of drug-likeness (QED) is 0.597. The maximum atomic E-state index is 6.28. The third kappa shape index (κ3) is 3.66. The molecule has 0 radical (unpaired) electrons. The van der Waals surface area contributed by atoms with E-state index in [0.29, 0.717) is 10.0 Å². The molecule has 0 saturated carbocycles. The van der Waals surface area contributed by atoms with Crippen LogP contribution in [0.25, 0.3) is 0 Å². The lowest BCUT2D eigenvalue weighted by molar-refractivity contribution is 0.0882. The average molecular weight is 318 g/mol. The SMILES string of the molecule is CCC(CC)(C(Cc1ccc(Cl)cc1Cl)NN)N(C)C. The second-order valence-electron chi connectivity index (χ2n) is 5.36. The molecule has 5 heteroatoms. The largest absolute Gasteiger partial charge is 0.302 e. The van der Waals surface area contributed by atoms with E-state index in [2.05, 4.69) is 38.3 Å². The van der Waals surface area contributed by atoms with E-state index in [1.54, 1.807) is 6.07 Å². The number of benzene rings is 1. The number of nitrogens with two attached hydrogens (primary N) is 1. The number of hydrazine groups is 1. The molecule has 3 N–H and O–H groups in total. The van der Waals surface area contributed by atoms with Gasteiger partial charge in [-0.3, -0.25) is 11.3 Å². The summed E-state index contributed by atoms with van der Waals surface area (Å²) in [6.45, 7) is 4.38. The minimum Gasteiger partial charge on any atom is -0.302 e. The highest BCUT2D eigenvalue weighted by atomic mass is 35.5. The Kier molecular flexibility index (Phi) is 6.76. The topological polar surface area (TPSA) is 41.3 Å². The summed E-state index contributed by atoms with van der Waals surface area (Å²) in [4.78, 5) is 2.25. The molecule has 0 aliphatic heterocycles. The zero-order chi connectivity index (χ0) is 15.3. The minimum atomic E-state index is -0.00227. The molecule has 1 atom stereocenters. The number of rotatable bonds is 7. The summed E-state index contributed by atoms with van der Waals surface area (Å²) < 4.78 is 0. The normalized spacial score (nSPS) is 13.8. The molecule has 1 unspecified atom stereocenters. The molecule has 114 valence electrons. The number of likely N-dealkylation sites (N-methyl/N-ethyl adjacent to an activating group) is 1. The lowest BCUT2D eigenvalue weighted by Crippen LogP contribution is -2.61. The summed E-state index contributed by atoms with van der Waals surface area (Å²) in [5, 5.41) is 1.35.